The molecule has 0 saturated heterocycles. The molecule has 2 rings (SSSR count). The third-order valence-corrected chi connectivity index (χ3v) is 4.06. The van der Waals surface area contributed by atoms with Gasteiger partial charge in [0.2, 0.25) is 0 Å². The van der Waals surface area contributed by atoms with Crippen molar-refractivity contribution in [1.82, 2.24) is 5.43 Å². The summed E-state index contributed by atoms with van der Waals surface area (Å²) in [4.78, 5) is 11.8. The van der Waals surface area contributed by atoms with Crippen LogP contribution in [-0.2, 0) is 4.79 Å². The van der Waals surface area contributed by atoms with E-state index in [1.165, 1.54) is 6.21 Å². The van der Waals surface area contributed by atoms with Crippen molar-refractivity contribution in [2.75, 3.05) is 19.0 Å². The number of aromatic hydroxyl groups is 1. The van der Waals surface area contributed by atoms with Crippen molar-refractivity contribution in [3.8, 4) is 11.5 Å². The first kappa shape index (κ1) is 18.3. The van der Waals surface area contributed by atoms with Crippen molar-refractivity contribution in [1.29, 1.82) is 0 Å². The van der Waals surface area contributed by atoms with Crippen LogP contribution in [-0.4, -0.2) is 30.9 Å². The van der Waals surface area contributed by atoms with Crippen LogP contribution in [0.15, 0.2) is 50.4 Å². The van der Waals surface area contributed by atoms with Gasteiger partial charge < -0.3 is 15.2 Å². The van der Waals surface area contributed by atoms with E-state index in [9.17, 15) is 9.90 Å². The number of ether oxygens (including phenoxy) is 1. The van der Waals surface area contributed by atoms with E-state index in [2.05, 4.69) is 47.7 Å². The van der Waals surface area contributed by atoms with E-state index in [-0.39, 0.29) is 18.2 Å². The predicted molar refractivity (Wildman–Crippen MR) is 101 cm³/mol. The molecule has 0 aliphatic heterocycles. The van der Waals surface area contributed by atoms with Gasteiger partial charge in [0.05, 0.1) is 24.3 Å². The van der Waals surface area contributed by atoms with Crippen LogP contribution in [0.2, 0.25) is 0 Å². The van der Waals surface area contributed by atoms with Gasteiger partial charge in [-0.3, -0.25) is 4.79 Å². The molecule has 126 valence electrons. The predicted octanol–water partition coefficient (Wildman–Crippen LogP) is 3.49. The molecule has 0 saturated carbocycles. The fourth-order valence-electron chi connectivity index (χ4n) is 1.79. The summed E-state index contributed by atoms with van der Waals surface area (Å²) in [5.41, 5.74) is 3.66. The van der Waals surface area contributed by atoms with Crippen LogP contribution in [0.5, 0.6) is 11.5 Å². The van der Waals surface area contributed by atoms with Gasteiger partial charge in [0.25, 0.3) is 5.91 Å². The lowest BCUT2D eigenvalue weighted by Crippen LogP contribution is -2.25. The number of rotatable bonds is 6. The van der Waals surface area contributed by atoms with E-state index in [0.29, 0.717) is 10.0 Å². The number of carbonyl (C=O) groups excluding carboxylic acids is 1. The van der Waals surface area contributed by atoms with Crippen molar-refractivity contribution in [2.24, 2.45) is 5.10 Å². The fourth-order valence-corrected chi connectivity index (χ4v) is 3.05. The molecule has 0 aromatic heterocycles. The lowest BCUT2D eigenvalue weighted by molar-refractivity contribution is -0.119. The molecule has 0 aliphatic carbocycles. The number of halogens is 2. The average Bonchev–Trinajstić information content (AvgIpc) is 2.57. The number of amides is 1. The van der Waals surface area contributed by atoms with E-state index in [1.807, 2.05) is 12.1 Å². The van der Waals surface area contributed by atoms with Crippen molar-refractivity contribution < 1.29 is 14.6 Å². The Labute approximate surface area is 156 Å². The number of anilines is 1. The number of methoxy groups -OCH3 is 1. The van der Waals surface area contributed by atoms with Crippen LogP contribution in [0.4, 0.5) is 5.69 Å². The third-order valence-electron chi connectivity index (χ3n) is 2.99. The lowest BCUT2D eigenvalue weighted by Gasteiger charge is -2.06. The summed E-state index contributed by atoms with van der Waals surface area (Å²) in [7, 11) is 1.59. The maximum absolute atomic E-state index is 11.8. The summed E-state index contributed by atoms with van der Waals surface area (Å²) >= 11 is 6.55. The lowest BCUT2D eigenvalue weighted by atomic mass is 10.2. The molecule has 0 radical (unpaired) electrons. The number of hydrazone groups is 1. The number of hydrogen-bond acceptors (Lipinski definition) is 5. The smallest absolute Gasteiger partial charge is 0.259 e. The molecule has 8 heteroatoms. The topological polar surface area (TPSA) is 83.0 Å². The second-order valence-electron chi connectivity index (χ2n) is 4.70. The molecule has 1 amide bonds. The maximum Gasteiger partial charge on any atom is 0.259 e. The summed E-state index contributed by atoms with van der Waals surface area (Å²) in [6.45, 7) is 0.0673. The zero-order valence-electron chi connectivity index (χ0n) is 12.7. The molecular formula is C16H15Br2N3O3. The molecule has 0 aliphatic rings. The molecule has 6 nitrogen and oxygen atoms in total. The molecule has 0 bridgehead atoms. The van der Waals surface area contributed by atoms with Gasteiger partial charge in [-0.25, -0.2) is 5.43 Å². The Morgan fingerprint density at radius 3 is 2.67 bits per heavy atom. The van der Waals surface area contributed by atoms with E-state index in [1.54, 1.807) is 31.4 Å². The van der Waals surface area contributed by atoms with Crippen molar-refractivity contribution in [2.45, 2.75) is 0 Å². The zero-order valence-corrected chi connectivity index (χ0v) is 15.9. The van der Waals surface area contributed by atoms with Crippen LogP contribution < -0.4 is 15.5 Å². The quantitative estimate of drug-likeness (QED) is 0.459. The van der Waals surface area contributed by atoms with E-state index < -0.39 is 0 Å². The normalized spacial score (nSPS) is 10.6. The SMILES string of the molecule is COc1ccc(NCC(=O)N/N=C\c2cc(Br)cc(Br)c2O)cc1. The second kappa shape index (κ2) is 8.70. The molecule has 0 spiro atoms. The monoisotopic (exact) mass is 455 g/mol. The molecule has 0 fully saturated rings. The summed E-state index contributed by atoms with van der Waals surface area (Å²) in [5, 5.41) is 16.7. The summed E-state index contributed by atoms with van der Waals surface area (Å²) in [5.74, 6) is 0.484. The Morgan fingerprint density at radius 1 is 1.29 bits per heavy atom. The standard InChI is InChI=1S/C16H15Br2N3O3/c1-24-13-4-2-12(3-5-13)19-9-15(22)21-20-8-10-6-11(17)7-14(18)16(10)23/h2-8,19,23H,9H2,1H3,(H,21,22)/b20-8-. The average molecular weight is 457 g/mol. The minimum atomic E-state index is -0.310. The van der Waals surface area contributed by atoms with E-state index >= 15 is 0 Å². The largest absolute Gasteiger partial charge is 0.506 e. The van der Waals surface area contributed by atoms with Gasteiger partial charge in [-0.1, -0.05) is 15.9 Å². The summed E-state index contributed by atoms with van der Waals surface area (Å²) < 4.78 is 6.38. The first-order valence-corrected chi connectivity index (χ1v) is 8.46. The minimum absolute atomic E-state index is 0.0487. The van der Waals surface area contributed by atoms with Gasteiger partial charge in [0.1, 0.15) is 11.5 Å². The molecule has 0 unspecified atom stereocenters. The number of benzene rings is 2. The van der Waals surface area contributed by atoms with Crippen LogP contribution in [0.1, 0.15) is 5.56 Å². The number of phenolic OH excluding ortho intramolecular Hbond substituents is 1. The fraction of sp³-hybridized carbons (Fsp3) is 0.125. The highest BCUT2D eigenvalue weighted by molar-refractivity contribution is 9.11. The van der Waals surface area contributed by atoms with Gasteiger partial charge in [-0.2, -0.15) is 5.10 Å². The highest BCUT2D eigenvalue weighted by Gasteiger charge is 2.05. The first-order chi connectivity index (χ1) is 11.5. The Morgan fingerprint density at radius 2 is 2.00 bits per heavy atom. The van der Waals surface area contributed by atoms with Crippen molar-refractivity contribution in [3.05, 3.63) is 50.9 Å². The van der Waals surface area contributed by atoms with Crippen LogP contribution in [0.3, 0.4) is 0 Å². The highest BCUT2D eigenvalue weighted by Crippen LogP contribution is 2.30. The van der Waals surface area contributed by atoms with Crippen LogP contribution in [0.25, 0.3) is 0 Å². The van der Waals surface area contributed by atoms with Gasteiger partial charge in [-0.15, -0.1) is 0 Å². The van der Waals surface area contributed by atoms with Gasteiger partial charge in [-0.05, 0) is 52.3 Å². The highest BCUT2D eigenvalue weighted by atomic mass is 79.9. The zero-order chi connectivity index (χ0) is 17.5. The van der Waals surface area contributed by atoms with Crippen LogP contribution >= 0.6 is 31.9 Å². The number of nitrogens with one attached hydrogen (secondary N) is 2. The molecular weight excluding hydrogens is 442 g/mol. The summed E-state index contributed by atoms with van der Waals surface area (Å²) in [6, 6.07) is 10.6. The van der Waals surface area contributed by atoms with Gasteiger partial charge >= 0.3 is 0 Å². The van der Waals surface area contributed by atoms with Crippen molar-refractivity contribution >= 4 is 49.7 Å². The van der Waals surface area contributed by atoms with Gasteiger partial charge in [0, 0.05) is 15.7 Å². The Hall–Kier alpha value is -2.06. The number of carbonyl (C=O) groups is 1. The van der Waals surface area contributed by atoms with Crippen LogP contribution in [0, 0.1) is 0 Å². The van der Waals surface area contributed by atoms with Crippen molar-refractivity contribution in [3.63, 3.8) is 0 Å². The van der Waals surface area contributed by atoms with Gasteiger partial charge in [0.15, 0.2) is 0 Å². The molecule has 2 aromatic carbocycles. The Bertz CT molecular complexity index is 749. The maximum atomic E-state index is 11.8. The second-order valence-corrected chi connectivity index (χ2v) is 6.47. The molecule has 0 heterocycles. The molecule has 24 heavy (non-hydrogen) atoms. The first-order valence-electron chi connectivity index (χ1n) is 6.87. The molecule has 3 N–H and O–H groups in total. The minimum Gasteiger partial charge on any atom is -0.506 e. The molecule has 2 aromatic rings. The summed E-state index contributed by atoms with van der Waals surface area (Å²) in [6.07, 6.45) is 1.37. The van der Waals surface area contributed by atoms with E-state index in [0.717, 1.165) is 15.9 Å². The Kier molecular flexibility index (Phi) is 6.62. The Balaban J connectivity index is 1.86. The third kappa shape index (κ3) is 5.24. The molecule has 0 atom stereocenters. The number of nitrogens with zero attached hydrogens (tertiary/aromatic N) is 1. The van der Waals surface area contributed by atoms with E-state index in [4.69, 9.17) is 4.74 Å². The number of hydrogen-bond donors (Lipinski definition) is 3. The number of phenols is 1.